The first-order chi connectivity index (χ1) is 17.7. The summed E-state index contributed by atoms with van der Waals surface area (Å²) >= 11 is 0. The zero-order valence-corrected chi connectivity index (χ0v) is 20.4. The van der Waals surface area contributed by atoms with E-state index in [0.29, 0.717) is 24.7 Å². The first kappa shape index (κ1) is 24.2. The highest BCUT2D eigenvalue weighted by Crippen LogP contribution is 2.28. The summed E-state index contributed by atoms with van der Waals surface area (Å²) in [5.41, 5.74) is 4.62. The van der Waals surface area contributed by atoms with Crippen molar-refractivity contribution < 1.29 is 14.3 Å². The molecule has 0 radical (unpaired) electrons. The summed E-state index contributed by atoms with van der Waals surface area (Å²) in [5.74, 6) is 1.24. The van der Waals surface area contributed by atoms with E-state index in [9.17, 15) is 4.79 Å². The number of amides is 1. The van der Waals surface area contributed by atoms with E-state index in [1.165, 1.54) is 11.1 Å². The Morgan fingerprint density at radius 3 is 2.69 bits per heavy atom. The molecule has 0 saturated carbocycles. The van der Waals surface area contributed by atoms with Gasteiger partial charge in [-0.2, -0.15) is 0 Å². The van der Waals surface area contributed by atoms with Crippen LogP contribution in [-0.4, -0.2) is 59.7 Å². The van der Waals surface area contributed by atoms with Crippen molar-refractivity contribution in [3.8, 4) is 17.1 Å². The normalized spacial score (nSPS) is 18.0. The topological polar surface area (TPSA) is 76.6 Å². The van der Waals surface area contributed by atoms with Gasteiger partial charge in [-0.15, -0.1) is 0 Å². The number of aromatic nitrogens is 2. The van der Waals surface area contributed by atoms with Crippen LogP contribution in [0.25, 0.3) is 17.0 Å². The van der Waals surface area contributed by atoms with Crippen LogP contribution >= 0.6 is 0 Å². The molecule has 0 spiro atoms. The van der Waals surface area contributed by atoms with Crippen LogP contribution in [0, 0.1) is 0 Å². The van der Waals surface area contributed by atoms with E-state index in [0.717, 1.165) is 50.1 Å². The third kappa shape index (κ3) is 6.36. The van der Waals surface area contributed by atoms with Crippen molar-refractivity contribution in [3.05, 3.63) is 84.2 Å². The highest BCUT2D eigenvalue weighted by molar-refractivity contribution is 5.77. The minimum atomic E-state index is -0.139. The molecule has 3 heterocycles. The van der Waals surface area contributed by atoms with Crippen LogP contribution in [0.1, 0.15) is 30.4 Å². The quantitative estimate of drug-likeness (QED) is 0.493. The number of rotatable bonds is 9. The van der Waals surface area contributed by atoms with Gasteiger partial charge >= 0.3 is 0 Å². The van der Waals surface area contributed by atoms with Crippen LogP contribution < -0.4 is 10.1 Å². The van der Waals surface area contributed by atoms with Gasteiger partial charge in [0.1, 0.15) is 5.75 Å². The van der Waals surface area contributed by atoms with Crippen molar-refractivity contribution in [2.75, 3.05) is 32.8 Å². The summed E-state index contributed by atoms with van der Waals surface area (Å²) in [6.07, 6.45) is 8.94. The molecule has 1 N–H and O–H groups in total. The van der Waals surface area contributed by atoms with Crippen LogP contribution in [0.5, 0.6) is 5.75 Å². The number of carbonyl (C=O) groups is 1. The maximum absolute atomic E-state index is 12.4. The largest absolute Gasteiger partial charge is 0.483 e. The molecule has 7 heteroatoms. The number of nitrogens with one attached hydrogen (secondary N) is 1. The van der Waals surface area contributed by atoms with Crippen molar-refractivity contribution >= 4 is 11.5 Å². The van der Waals surface area contributed by atoms with Crippen molar-refractivity contribution in [1.29, 1.82) is 0 Å². The third-order valence-electron chi connectivity index (χ3n) is 6.63. The van der Waals surface area contributed by atoms with E-state index in [1.54, 1.807) is 12.4 Å². The molecule has 186 valence electrons. The molecule has 1 saturated heterocycles. The Bertz CT molecular complexity index is 1180. The van der Waals surface area contributed by atoms with E-state index >= 15 is 0 Å². The summed E-state index contributed by atoms with van der Waals surface area (Å²) in [4.78, 5) is 23.6. The Hall–Kier alpha value is -3.55. The lowest BCUT2D eigenvalue weighted by molar-refractivity contribution is -0.123. The summed E-state index contributed by atoms with van der Waals surface area (Å²) in [6, 6.07) is 18.3. The second-order valence-corrected chi connectivity index (χ2v) is 9.20. The fourth-order valence-corrected chi connectivity index (χ4v) is 4.67. The van der Waals surface area contributed by atoms with Crippen molar-refractivity contribution in [1.82, 2.24) is 20.2 Å². The fraction of sp³-hybridized carbons (Fsp3) is 0.345. The molecule has 1 atom stereocenters. The molecule has 7 nitrogen and oxygen atoms in total. The van der Waals surface area contributed by atoms with Gasteiger partial charge in [0, 0.05) is 56.3 Å². The third-order valence-corrected chi connectivity index (χ3v) is 6.63. The lowest BCUT2D eigenvalue weighted by Crippen LogP contribution is -2.35. The summed E-state index contributed by atoms with van der Waals surface area (Å²) in [6.45, 7) is 3.80. The highest BCUT2D eigenvalue weighted by Gasteiger charge is 2.18. The molecule has 0 bridgehead atoms. The van der Waals surface area contributed by atoms with Gasteiger partial charge in [0.25, 0.3) is 5.91 Å². The maximum atomic E-state index is 12.4. The SMILES string of the molecule is O=C(COc1ccc(-c2ncccn2)cc1CN1CC=C(c2ccccc2)CC1)NCC1CCCO1. The van der Waals surface area contributed by atoms with Gasteiger partial charge in [-0.25, -0.2) is 9.97 Å². The Morgan fingerprint density at radius 1 is 1.08 bits per heavy atom. The monoisotopic (exact) mass is 484 g/mol. The van der Waals surface area contributed by atoms with E-state index in [1.807, 2.05) is 24.3 Å². The first-order valence-corrected chi connectivity index (χ1v) is 12.6. The van der Waals surface area contributed by atoms with Crippen LogP contribution in [0.2, 0.25) is 0 Å². The molecule has 5 rings (SSSR count). The molecule has 36 heavy (non-hydrogen) atoms. The van der Waals surface area contributed by atoms with Gasteiger partial charge in [0.2, 0.25) is 0 Å². The Morgan fingerprint density at radius 2 is 1.94 bits per heavy atom. The zero-order chi connectivity index (χ0) is 24.6. The average molecular weight is 485 g/mol. The molecule has 2 aliphatic heterocycles. The standard InChI is InChI=1S/C29H32N4O3/c34-28(32-19-26-8-4-17-35-26)21-36-27-10-9-24(29-30-13-5-14-31-29)18-25(27)20-33-15-11-23(12-16-33)22-6-2-1-3-7-22/h1-3,5-7,9-11,13-14,18,26H,4,8,12,15-17,19-21H2,(H,32,34). The molecular weight excluding hydrogens is 452 g/mol. The molecular formula is C29H32N4O3. The Balaban J connectivity index is 1.27. The van der Waals surface area contributed by atoms with E-state index in [2.05, 4.69) is 56.6 Å². The molecule has 3 aromatic rings. The molecule has 0 aliphatic carbocycles. The highest BCUT2D eigenvalue weighted by atomic mass is 16.5. The van der Waals surface area contributed by atoms with Crippen molar-refractivity contribution in [3.63, 3.8) is 0 Å². The van der Waals surface area contributed by atoms with Gasteiger partial charge < -0.3 is 14.8 Å². The number of hydrogen-bond acceptors (Lipinski definition) is 6. The average Bonchev–Trinajstić information content (AvgIpc) is 3.46. The minimum Gasteiger partial charge on any atom is -0.483 e. The van der Waals surface area contributed by atoms with Gasteiger partial charge in [-0.1, -0.05) is 36.4 Å². The number of benzene rings is 2. The fourth-order valence-electron chi connectivity index (χ4n) is 4.67. The van der Waals surface area contributed by atoms with E-state index in [4.69, 9.17) is 9.47 Å². The van der Waals surface area contributed by atoms with Crippen LogP contribution in [0.4, 0.5) is 0 Å². The Kier molecular flexibility index (Phi) is 8.00. The lowest BCUT2D eigenvalue weighted by Gasteiger charge is -2.27. The van der Waals surface area contributed by atoms with Gasteiger partial charge in [0.05, 0.1) is 6.10 Å². The Labute approximate surface area is 212 Å². The summed E-state index contributed by atoms with van der Waals surface area (Å²) in [5, 5.41) is 2.93. The molecule has 1 amide bonds. The molecule has 2 aromatic carbocycles. The molecule has 2 aliphatic rings. The van der Waals surface area contributed by atoms with Gasteiger partial charge in [-0.05, 0) is 54.7 Å². The predicted molar refractivity (Wildman–Crippen MR) is 139 cm³/mol. The predicted octanol–water partition coefficient (Wildman–Crippen LogP) is 4.11. The smallest absolute Gasteiger partial charge is 0.258 e. The van der Waals surface area contributed by atoms with Crippen LogP contribution in [0.15, 0.2) is 73.1 Å². The van der Waals surface area contributed by atoms with Gasteiger partial charge in [-0.3, -0.25) is 9.69 Å². The summed E-state index contributed by atoms with van der Waals surface area (Å²) in [7, 11) is 0. The maximum Gasteiger partial charge on any atom is 0.258 e. The van der Waals surface area contributed by atoms with E-state index in [-0.39, 0.29) is 18.6 Å². The second kappa shape index (κ2) is 11.9. The van der Waals surface area contributed by atoms with Crippen LogP contribution in [0.3, 0.4) is 0 Å². The molecule has 1 aromatic heterocycles. The lowest BCUT2D eigenvalue weighted by atomic mass is 9.99. The number of nitrogens with zero attached hydrogens (tertiary/aromatic N) is 3. The van der Waals surface area contributed by atoms with Crippen LogP contribution in [-0.2, 0) is 16.1 Å². The zero-order valence-electron chi connectivity index (χ0n) is 20.4. The number of carbonyl (C=O) groups excluding carboxylic acids is 1. The minimum absolute atomic E-state index is 0.0288. The second-order valence-electron chi connectivity index (χ2n) is 9.20. The van der Waals surface area contributed by atoms with E-state index < -0.39 is 0 Å². The molecule has 1 unspecified atom stereocenters. The number of hydrogen-bond donors (Lipinski definition) is 1. The summed E-state index contributed by atoms with van der Waals surface area (Å²) < 4.78 is 11.6. The first-order valence-electron chi connectivity index (χ1n) is 12.6. The number of ether oxygens (including phenoxy) is 2. The van der Waals surface area contributed by atoms with Crippen molar-refractivity contribution in [2.24, 2.45) is 0 Å². The molecule has 1 fully saturated rings. The van der Waals surface area contributed by atoms with Crippen molar-refractivity contribution in [2.45, 2.75) is 31.9 Å². The van der Waals surface area contributed by atoms with Gasteiger partial charge in [0.15, 0.2) is 12.4 Å².